The molecule has 0 saturated carbocycles. The minimum atomic E-state index is -0.898. The number of benzene rings is 1. The Labute approximate surface area is 187 Å². The van der Waals surface area contributed by atoms with Gasteiger partial charge in [0.25, 0.3) is 0 Å². The van der Waals surface area contributed by atoms with Crippen molar-refractivity contribution in [3.05, 3.63) is 65.2 Å². The number of ether oxygens (including phenoxy) is 1. The second kappa shape index (κ2) is 10.3. The monoisotopic (exact) mass is 435 g/mol. The van der Waals surface area contributed by atoms with Crippen LogP contribution in [0, 0.1) is 0 Å². The van der Waals surface area contributed by atoms with E-state index in [1.165, 1.54) is 36.8 Å². The number of aliphatic carboxylic acids is 1. The zero-order chi connectivity index (χ0) is 22.3. The molecule has 8 nitrogen and oxygen atoms in total. The summed E-state index contributed by atoms with van der Waals surface area (Å²) in [5.74, 6) is -0.898. The summed E-state index contributed by atoms with van der Waals surface area (Å²) in [7, 11) is 1.50. The molecule has 2 aromatic heterocycles. The van der Waals surface area contributed by atoms with Crippen molar-refractivity contribution in [2.24, 2.45) is 0 Å². The van der Waals surface area contributed by atoms with Crippen LogP contribution in [0.4, 0.5) is 5.69 Å². The van der Waals surface area contributed by atoms with Crippen LogP contribution in [0.3, 0.4) is 0 Å². The first-order chi connectivity index (χ1) is 15.6. The predicted molar refractivity (Wildman–Crippen MR) is 121 cm³/mol. The van der Waals surface area contributed by atoms with Crippen molar-refractivity contribution in [1.82, 2.24) is 19.7 Å². The smallest absolute Gasteiger partial charge is 0.316 e. The molecular weight excluding hydrogens is 406 g/mol. The van der Waals surface area contributed by atoms with Crippen LogP contribution in [0.5, 0.6) is 6.01 Å². The number of anilines is 1. The van der Waals surface area contributed by atoms with Gasteiger partial charge in [-0.2, -0.15) is 5.10 Å². The lowest BCUT2D eigenvalue weighted by Gasteiger charge is -2.19. The number of aromatic nitrogens is 4. The lowest BCUT2D eigenvalue weighted by atomic mass is 10.0. The van der Waals surface area contributed by atoms with Crippen molar-refractivity contribution in [3.8, 4) is 6.01 Å². The molecule has 3 heterocycles. The zero-order valence-corrected chi connectivity index (χ0v) is 18.3. The van der Waals surface area contributed by atoms with E-state index in [0.717, 1.165) is 37.9 Å². The van der Waals surface area contributed by atoms with E-state index < -0.39 is 12.0 Å². The first kappa shape index (κ1) is 21.8. The molecule has 1 aromatic carbocycles. The second-order valence-electron chi connectivity index (χ2n) is 8.11. The van der Waals surface area contributed by atoms with Gasteiger partial charge in [0.2, 0.25) is 0 Å². The van der Waals surface area contributed by atoms with Crippen molar-refractivity contribution in [1.29, 1.82) is 0 Å². The molecule has 0 bridgehead atoms. The second-order valence-corrected chi connectivity index (χ2v) is 8.11. The summed E-state index contributed by atoms with van der Waals surface area (Å²) in [6.45, 7) is 1.04. The predicted octanol–water partition coefficient (Wildman–Crippen LogP) is 3.67. The summed E-state index contributed by atoms with van der Waals surface area (Å²) in [5, 5.41) is 17.5. The first-order valence-electron chi connectivity index (χ1n) is 11.1. The molecule has 8 heteroatoms. The third kappa shape index (κ3) is 5.25. The molecule has 0 amide bonds. The van der Waals surface area contributed by atoms with Crippen molar-refractivity contribution in [3.63, 3.8) is 0 Å². The molecule has 3 aromatic rings. The highest BCUT2D eigenvalue weighted by molar-refractivity contribution is 5.68. The van der Waals surface area contributed by atoms with Gasteiger partial charge in [-0.1, -0.05) is 12.1 Å². The molecule has 32 heavy (non-hydrogen) atoms. The number of hydrogen-bond acceptors (Lipinski definition) is 6. The molecule has 4 rings (SSSR count). The van der Waals surface area contributed by atoms with Gasteiger partial charge in [-0.3, -0.25) is 9.48 Å². The fourth-order valence-electron chi connectivity index (χ4n) is 4.23. The molecule has 2 N–H and O–H groups in total. The van der Waals surface area contributed by atoms with Crippen molar-refractivity contribution in [2.45, 2.75) is 51.0 Å². The van der Waals surface area contributed by atoms with Gasteiger partial charge in [0.1, 0.15) is 0 Å². The third-order valence-electron chi connectivity index (χ3n) is 5.89. The molecule has 0 fully saturated rings. The maximum atomic E-state index is 11.5. The fraction of sp³-hybridized carbons (Fsp3) is 0.417. The number of fused-ring (bicyclic) bond motifs is 1. The standard InChI is InChI=1S/C24H29N5O3/c1-32-24-26-15-19(16-27-24)22(14-23(30)31)29-20(10-12-28-29)7-4-5-17-8-9-18-6-2-3-11-25-21(18)13-17/h8-10,12-13,15-16,22,25H,2-7,11,14H2,1H3,(H,30,31). The highest BCUT2D eigenvalue weighted by Gasteiger charge is 2.22. The van der Waals surface area contributed by atoms with Gasteiger partial charge >= 0.3 is 12.0 Å². The first-order valence-corrected chi connectivity index (χ1v) is 11.1. The van der Waals surface area contributed by atoms with Crippen LogP contribution in [0.25, 0.3) is 0 Å². The summed E-state index contributed by atoms with van der Waals surface area (Å²) in [5.41, 5.74) is 5.68. The topological polar surface area (TPSA) is 102 Å². The van der Waals surface area contributed by atoms with Gasteiger partial charge in [0.05, 0.1) is 19.6 Å². The highest BCUT2D eigenvalue weighted by atomic mass is 16.5. The average molecular weight is 436 g/mol. The normalized spacial score (nSPS) is 14.2. The Morgan fingerprint density at radius 3 is 2.84 bits per heavy atom. The van der Waals surface area contributed by atoms with Crippen LogP contribution in [0.15, 0.2) is 42.9 Å². The molecule has 1 atom stereocenters. The number of rotatable bonds is 9. The summed E-state index contributed by atoms with van der Waals surface area (Å²) >= 11 is 0. The Morgan fingerprint density at radius 1 is 1.22 bits per heavy atom. The number of nitrogens with zero attached hydrogens (tertiary/aromatic N) is 4. The van der Waals surface area contributed by atoms with Gasteiger partial charge in [0, 0.05) is 42.1 Å². The molecule has 0 saturated heterocycles. The maximum absolute atomic E-state index is 11.5. The number of methoxy groups -OCH3 is 1. The Bertz CT molecular complexity index is 1050. The van der Waals surface area contributed by atoms with E-state index in [4.69, 9.17) is 4.74 Å². The van der Waals surface area contributed by atoms with E-state index in [9.17, 15) is 9.90 Å². The number of carboxylic acids is 1. The fourth-order valence-corrected chi connectivity index (χ4v) is 4.23. The van der Waals surface area contributed by atoms with E-state index in [0.29, 0.717) is 5.56 Å². The molecule has 0 spiro atoms. The largest absolute Gasteiger partial charge is 0.481 e. The van der Waals surface area contributed by atoms with Crippen LogP contribution in [-0.2, 0) is 24.1 Å². The van der Waals surface area contributed by atoms with E-state index in [-0.39, 0.29) is 12.4 Å². The van der Waals surface area contributed by atoms with Crippen LogP contribution < -0.4 is 10.1 Å². The van der Waals surface area contributed by atoms with E-state index in [1.54, 1.807) is 23.3 Å². The lowest BCUT2D eigenvalue weighted by molar-refractivity contribution is -0.137. The van der Waals surface area contributed by atoms with E-state index in [1.807, 2.05) is 6.07 Å². The molecule has 1 aliphatic heterocycles. The zero-order valence-electron chi connectivity index (χ0n) is 18.3. The molecule has 1 aliphatic rings. The number of nitrogens with one attached hydrogen (secondary N) is 1. The van der Waals surface area contributed by atoms with Crippen LogP contribution in [0.2, 0.25) is 0 Å². The number of carboxylic acid groups (broad SMARTS) is 1. The Balaban J connectivity index is 1.45. The molecule has 1 unspecified atom stereocenters. The summed E-state index contributed by atoms with van der Waals surface area (Å²) in [4.78, 5) is 19.8. The van der Waals surface area contributed by atoms with Gasteiger partial charge in [0.15, 0.2) is 0 Å². The van der Waals surface area contributed by atoms with Gasteiger partial charge in [-0.05, 0) is 61.8 Å². The molecule has 0 aliphatic carbocycles. The SMILES string of the molecule is COc1ncc(C(CC(=O)O)n2nccc2CCCc2ccc3c(c2)NCCCC3)cn1. The van der Waals surface area contributed by atoms with Crippen molar-refractivity contribution >= 4 is 11.7 Å². The molecular formula is C24H29N5O3. The molecule has 0 radical (unpaired) electrons. The van der Waals surface area contributed by atoms with Crippen molar-refractivity contribution < 1.29 is 14.6 Å². The Hall–Kier alpha value is -3.42. The minimum absolute atomic E-state index is 0.0964. The maximum Gasteiger partial charge on any atom is 0.316 e. The van der Waals surface area contributed by atoms with E-state index >= 15 is 0 Å². The van der Waals surface area contributed by atoms with E-state index in [2.05, 4.69) is 38.6 Å². The average Bonchev–Trinajstić information content (AvgIpc) is 3.13. The number of carbonyl (C=O) groups is 1. The Kier molecular flexibility index (Phi) is 6.99. The van der Waals surface area contributed by atoms with Gasteiger partial charge in [-0.25, -0.2) is 9.97 Å². The highest BCUT2D eigenvalue weighted by Crippen LogP contribution is 2.25. The third-order valence-corrected chi connectivity index (χ3v) is 5.89. The molecule has 168 valence electrons. The quantitative estimate of drug-likeness (QED) is 0.529. The van der Waals surface area contributed by atoms with Crippen molar-refractivity contribution in [2.75, 3.05) is 19.0 Å². The summed E-state index contributed by atoms with van der Waals surface area (Å²) in [6.07, 6.45) is 11.1. The summed E-state index contributed by atoms with van der Waals surface area (Å²) in [6, 6.07) is 8.49. The number of aryl methyl sites for hydroxylation is 3. The van der Waals surface area contributed by atoms with Gasteiger partial charge < -0.3 is 15.2 Å². The van der Waals surface area contributed by atoms with Crippen LogP contribution >= 0.6 is 0 Å². The van der Waals surface area contributed by atoms with Crippen LogP contribution in [-0.4, -0.2) is 44.5 Å². The Morgan fingerprint density at radius 2 is 2.06 bits per heavy atom. The minimum Gasteiger partial charge on any atom is -0.481 e. The lowest BCUT2D eigenvalue weighted by Crippen LogP contribution is -2.19. The summed E-state index contributed by atoms with van der Waals surface area (Å²) < 4.78 is 6.81. The number of hydrogen-bond donors (Lipinski definition) is 2. The van der Waals surface area contributed by atoms with Crippen LogP contribution in [0.1, 0.15) is 54.1 Å². The van der Waals surface area contributed by atoms with Gasteiger partial charge in [-0.15, -0.1) is 0 Å².